The molecular weight excluding hydrogens is 221 g/mol. The minimum absolute atomic E-state index is 0. The van der Waals surface area contributed by atoms with Gasteiger partial charge >= 0.3 is 0 Å². The summed E-state index contributed by atoms with van der Waals surface area (Å²) in [5.41, 5.74) is 0.719. The van der Waals surface area contributed by atoms with Crippen LogP contribution in [-0.4, -0.2) is 10.5 Å². The molecule has 0 fully saturated rings. The molecular formula is C9H10FNOS2. The first-order valence-corrected chi connectivity index (χ1v) is 6.37. The molecule has 0 radical (unpaired) electrons. The van der Waals surface area contributed by atoms with Crippen molar-refractivity contribution in [1.29, 1.82) is 0 Å². The Morgan fingerprint density at radius 2 is 2.36 bits per heavy atom. The maximum absolute atomic E-state index is 12.9. The number of benzene rings is 1. The Labute approximate surface area is 89.5 Å². The number of fused-ring (bicyclic) bond motifs is 1. The Morgan fingerprint density at radius 3 is 3.07 bits per heavy atom. The van der Waals surface area contributed by atoms with E-state index < -0.39 is 10.8 Å². The molecule has 0 aliphatic carbocycles. The normalized spacial score (nSPS) is 19.6. The molecule has 0 spiro atoms. The predicted molar refractivity (Wildman–Crippen MR) is 60.1 cm³/mol. The Hall–Kier alpha value is -0.810. The molecule has 1 atom stereocenters. The van der Waals surface area contributed by atoms with E-state index in [4.69, 9.17) is 0 Å². The van der Waals surface area contributed by atoms with Crippen LogP contribution in [0.1, 0.15) is 1.43 Å². The van der Waals surface area contributed by atoms with Gasteiger partial charge in [-0.3, -0.25) is 0 Å². The van der Waals surface area contributed by atoms with Crippen LogP contribution in [0.4, 0.5) is 10.1 Å². The molecule has 1 aromatic rings. The molecule has 1 unspecified atom stereocenters. The first-order chi connectivity index (χ1) is 6.70. The third kappa shape index (κ3) is 1.69. The van der Waals surface area contributed by atoms with E-state index in [1.165, 1.54) is 23.9 Å². The number of halogens is 1. The molecule has 0 aromatic heterocycles. The van der Waals surface area contributed by atoms with E-state index in [2.05, 4.69) is 5.32 Å². The molecule has 0 amide bonds. The van der Waals surface area contributed by atoms with Crippen molar-refractivity contribution in [3.63, 3.8) is 0 Å². The van der Waals surface area contributed by atoms with E-state index in [-0.39, 0.29) is 7.24 Å². The SMILES string of the molecule is CSC1=CS(=O)c2cc(F)ccc2N1.[HH]. The second-order valence-corrected chi connectivity index (χ2v) is 4.87. The van der Waals surface area contributed by atoms with Crippen molar-refractivity contribution in [3.8, 4) is 0 Å². The van der Waals surface area contributed by atoms with Gasteiger partial charge in [-0.1, -0.05) is 0 Å². The number of anilines is 1. The molecule has 1 aliphatic heterocycles. The molecule has 0 saturated heterocycles. The maximum Gasteiger partial charge on any atom is 0.124 e. The second-order valence-electron chi connectivity index (χ2n) is 2.75. The molecule has 1 aliphatic rings. The Kier molecular flexibility index (Phi) is 2.60. The number of rotatable bonds is 1. The standard InChI is InChI=1S/C9H8FNOS2.H2/c1-13-9-5-14(12)8-4-6(10)2-3-7(8)11-9;/h2-5,11H,1H3;1H. The van der Waals surface area contributed by atoms with Crippen LogP contribution in [0.15, 0.2) is 33.5 Å². The molecule has 1 aromatic carbocycles. The third-order valence-electron chi connectivity index (χ3n) is 1.85. The minimum Gasteiger partial charge on any atom is -0.349 e. The first kappa shape index (κ1) is 9.73. The van der Waals surface area contributed by atoms with Crippen LogP contribution in [0.25, 0.3) is 0 Å². The summed E-state index contributed by atoms with van der Waals surface area (Å²) < 4.78 is 24.5. The van der Waals surface area contributed by atoms with E-state index >= 15 is 0 Å². The lowest BCUT2D eigenvalue weighted by Crippen LogP contribution is -2.07. The van der Waals surface area contributed by atoms with Gasteiger partial charge in [0.15, 0.2) is 0 Å². The zero-order chi connectivity index (χ0) is 10.1. The lowest BCUT2D eigenvalue weighted by molar-refractivity contribution is 0.623. The molecule has 5 heteroatoms. The monoisotopic (exact) mass is 231 g/mol. The predicted octanol–water partition coefficient (Wildman–Crippen LogP) is 2.77. The highest BCUT2D eigenvalue weighted by Gasteiger charge is 2.16. The van der Waals surface area contributed by atoms with Crippen LogP contribution in [-0.2, 0) is 10.8 Å². The minimum atomic E-state index is -1.24. The first-order valence-electron chi connectivity index (χ1n) is 3.93. The summed E-state index contributed by atoms with van der Waals surface area (Å²) in [4.78, 5) is 0.503. The Balaban J connectivity index is 0.00000112. The fraction of sp³-hybridized carbons (Fsp3) is 0.111. The van der Waals surface area contributed by atoms with Gasteiger partial charge in [0.1, 0.15) is 5.82 Å². The molecule has 0 saturated carbocycles. The smallest absolute Gasteiger partial charge is 0.124 e. The fourth-order valence-corrected chi connectivity index (χ4v) is 2.99. The quantitative estimate of drug-likeness (QED) is 0.805. The highest BCUT2D eigenvalue weighted by molar-refractivity contribution is 8.03. The summed E-state index contributed by atoms with van der Waals surface area (Å²) in [7, 11) is -1.24. The van der Waals surface area contributed by atoms with Gasteiger partial charge in [0.25, 0.3) is 0 Å². The van der Waals surface area contributed by atoms with Gasteiger partial charge in [0.05, 0.1) is 26.4 Å². The van der Waals surface area contributed by atoms with Crippen molar-refractivity contribution in [2.75, 3.05) is 11.6 Å². The average molecular weight is 231 g/mol. The lowest BCUT2D eigenvalue weighted by atomic mass is 10.3. The number of hydrogen-bond donors (Lipinski definition) is 1. The summed E-state index contributed by atoms with van der Waals surface area (Å²) in [6.45, 7) is 0. The van der Waals surface area contributed by atoms with E-state index in [9.17, 15) is 8.60 Å². The van der Waals surface area contributed by atoms with E-state index in [0.29, 0.717) is 4.90 Å². The van der Waals surface area contributed by atoms with Crippen molar-refractivity contribution >= 4 is 28.2 Å². The lowest BCUT2D eigenvalue weighted by Gasteiger charge is -2.16. The molecule has 2 nitrogen and oxygen atoms in total. The number of thioether (sulfide) groups is 1. The summed E-state index contributed by atoms with van der Waals surface area (Å²) in [5, 5.41) is 5.49. The maximum atomic E-state index is 12.9. The second kappa shape index (κ2) is 3.74. The topological polar surface area (TPSA) is 29.1 Å². The number of hydrogen-bond acceptors (Lipinski definition) is 3. The molecule has 76 valence electrons. The van der Waals surface area contributed by atoms with Crippen LogP contribution in [0.5, 0.6) is 0 Å². The Bertz CT molecular complexity index is 436. The largest absolute Gasteiger partial charge is 0.349 e. The molecule has 1 heterocycles. The van der Waals surface area contributed by atoms with E-state index in [0.717, 1.165) is 10.7 Å². The van der Waals surface area contributed by atoms with Crippen molar-refractivity contribution in [2.45, 2.75) is 4.90 Å². The zero-order valence-corrected chi connectivity index (χ0v) is 9.05. The molecule has 14 heavy (non-hydrogen) atoms. The van der Waals surface area contributed by atoms with Crippen molar-refractivity contribution in [2.24, 2.45) is 0 Å². The van der Waals surface area contributed by atoms with Crippen LogP contribution in [0.2, 0.25) is 0 Å². The third-order valence-corrected chi connectivity index (χ3v) is 3.88. The summed E-state index contributed by atoms with van der Waals surface area (Å²) in [6, 6.07) is 4.25. The summed E-state index contributed by atoms with van der Waals surface area (Å²) in [5.74, 6) is -0.361. The van der Waals surface area contributed by atoms with Gasteiger partial charge in [-0.2, -0.15) is 0 Å². The molecule has 2 rings (SSSR count). The van der Waals surface area contributed by atoms with E-state index in [1.54, 1.807) is 11.5 Å². The van der Waals surface area contributed by atoms with Crippen LogP contribution in [0, 0.1) is 5.82 Å². The van der Waals surface area contributed by atoms with Crippen molar-refractivity contribution < 1.29 is 10.0 Å². The van der Waals surface area contributed by atoms with Gasteiger partial charge in [0, 0.05) is 6.83 Å². The average Bonchev–Trinajstić information content (AvgIpc) is 2.19. The Morgan fingerprint density at radius 1 is 1.57 bits per heavy atom. The van der Waals surface area contributed by atoms with Crippen LogP contribution >= 0.6 is 11.8 Å². The van der Waals surface area contributed by atoms with Crippen molar-refractivity contribution in [1.82, 2.24) is 0 Å². The van der Waals surface area contributed by atoms with Gasteiger partial charge in [-0.25, -0.2) is 8.60 Å². The van der Waals surface area contributed by atoms with Crippen molar-refractivity contribution in [3.05, 3.63) is 34.5 Å². The van der Waals surface area contributed by atoms with Crippen LogP contribution in [0.3, 0.4) is 0 Å². The molecule has 1 N–H and O–H groups in total. The zero-order valence-electron chi connectivity index (χ0n) is 7.41. The fourth-order valence-electron chi connectivity index (χ4n) is 1.19. The van der Waals surface area contributed by atoms with Crippen LogP contribution < -0.4 is 5.32 Å². The highest BCUT2D eigenvalue weighted by atomic mass is 32.2. The highest BCUT2D eigenvalue weighted by Crippen LogP contribution is 2.30. The van der Waals surface area contributed by atoms with Gasteiger partial charge in [0.2, 0.25) is 0 Å². The van der Waals surface area contributed by atoms with E-state index in [1.807, 2.05) is 6.26 Å². The number of nitrogens with one attached hydrogen (secondary N) is 1. The summed E-state index contributed by atoms with van der Waals surface area (Å²) >= 11 is 1.48. The van der Waals surface area contributed by atoms with Gasteiger partial charge in [-0.05, 0) is 24.5 Å². The van der Waals surface area contributed by atoms with Gasteiger partial charge in [-0.15, -0.1) is 11.8 Å². The molecule has 0 bridgehead atoms. The summed E-state index contributed by atoms with van der Waals surface area (Å²) in [6.07, 6.45) is 1.89. The van der Waals surface area contributed by atoms with Gasteiger partial charge < -0.3 is 5.32 Å².